The molecule has 0 radical (unpaired) electrons. The summed E-state index contributed by atoms with van der Waals surface area (Å²) in [5.41, 5.74) is 4.81. The van der Waals surface area contributed by atoms with Gasteiger partial charge in [-0.15, -0.1) is 0 Å². The van der Waals surface area contributed by atoms with Crippen LogP contribution in [0.2, 0.25) is 0 Å². The Kier molecular flexibility index (Phi) is 4.52. The highest BCUT2D eigenvalue weighted by Crippen LogP contribution is 2.35. The lowest BCUT2D eigenvalue weighted by atomic mass is 9.99. The summed E-state index contributed by atoms with van der Waals surface area (Å²) in [6.07, 6.45) is 7.38. The van der Waals surface area contributed by atoms with Crippen molar-refractivity contribution in [2.75, 3.05) is 25.0 Å². The minimum Gasteiger partial charge on any atom is -0.361 e. The Morgan fingerprint density at radius 2 is 1.90 bits per heavy atom. The van der Waals surface area contributed by atoms with Gasteiger partial charge in [-0.3, -0.25) is 14.5 Å². The first-order chi connectivity index (χ1) is 14.2. The highest BCUT2D eigenvalue weighted by Gasteiger charge is 2.26. The summed E-state index contributed by atoms with van der Waals surface area (Å²) in [7, 11) is 0. The Hall–Kier alpha value is -3.18. The molecule has 0 atom stereocenters. The third-order valence-corrected chi connectivity index (χ3v) is 5.86. The molecule has 3 heterocycles. The lowest BCUT2D eigenvalue weighted by molar-refractivity contribution is -0.110. The molecule has 146 valence electrons. The lowest BCUT2D eigenvalue weighted by Crippen LogP contribution is -2.34. The van der Waals surface area contributed by atoms with Gasteiger partial charge in [-0.25, -0.2) is 0 Å². The van der Waals surface area contributed by atoms with Gasteiger partial charge in [0.15, 0.2) is 5.78 Å². The first-order valence-electron chi connectivity index (χ1n) is 10.2. The van der Waals surface area contributed by atoms with Crippen LogP contribution in [0.5, 0.6) is 0 Å². The van der Waals surface area contributed by atoms with E-state index in [-0.39, 0.29) is 11.7 Å². The van der Waals surface area contributed by atoms with Gasteiger partial charge in [0.05, 0.1) is 6.54 Å². The number of fused-ring (bicyclic) bond motifs is 2. The lowest BCUT2D eigenvalue weighted by Gasteiger charge is -2.25. The van der Waals surface area contributed by atoms with E-state index in [0.717, 1.165) is 53.6 Å². The zero-order valence-electron chi connectivity index (χ0n) is 16.2. The maximum absolute atomic E-state index is 12.8. The zero-order valence-corrected chi connectivity index (χ0v) is 16.2. The van der Waals surface area contributed by atoms with Gasteiger partial charge in [0.1, 0.15) is 0 Å². The largest absolute Gasteiger partial charge is 0.361 e. The third kappa shape index (κ3) is 3.38. The number of likely N-dealkylation sites (tertiary alicyclic amines) is 1. The number of hydrogen-bond donors (Lipinski definition) is 2. The van der Waals surface area contributed by atoms with Crippen molar-refractivity contribution in [3.63, 3.8) is 0 Å². The number of carbonyl (C=O) groups excluding carboxylic acids is 2. The second-order valence-corrected chi connectivity index (χ2v) is 7.82. The van der Waals surface area contributed by atoms with Crippen LogP contribution in [0.25, 0.3) is 22.6 Å². The predicted octanol–water partition coefficient (Wildman–Crippen LogP) is 4.33. The molecule has 0 aliphatic carbocycles. The van der Waals surface area contributed by atoms with Crippen molar-refractivity contribution in [1.82, 2.24) is 9.88 Å². The van der Waals surface area contributed by atoms with Crippen LogP contribution < -0.4 is 5.32 Å². The van der Waals surface area contributed by atoms with Crippen molar-refractivity contribution in [2.45, 2.75) is 19.3 Å². The van der Waals surface area contributed by atoms with Crippen LogP contribution >= 0.6 is 0 Å². The van der Waals surface area contributed by atoms with Crippen LogP contribution in [0.15, 0.2) is 48.7 Å². The summed E-state index contributed by atoms with van der Waals surface area (Å²) in [5.74, 6) is -0.0218. The van der Waals surface area contributed by atoms with Crippen LogP contribution in [-0.2, 0) is 4.79 Å². The minimum atomic E-state index is -0.133. The fraction of sp³-hybridized carbons (Fsp3) is 0.250. The average Bonchev–Trinajstić information content (AvgIpc) is 3.29. The Balaban J connectivity index is 1.47. The highest BCUT2D eigenvalue weighted by molar-refractivity contribution is 6.35. The van der Waals surface area contributed by atoms with Gasteiger partial charge in [0, 0.05) is 45.1 Å². The Labute approximate surface area is 169 Å². The van der Waals surface area contributed by atoms with Gasteiger partial charge < -0.3 is 10.3 Å². The van der Waals surface area contributed by atoms with Gasteiger partial charge in [0.2, 0.25) is 0 Å². The molecule has 0 spiro atoms. The number of ketones is 1. The number of aromatic nitrogens is 1. The number of nitrogens with zero attached hydrogens (tertiary/aromatic N) is 1. The molecule has 2 N–H and O–H groups in total. The van der Waals surface area contributed by atoms with Gasteiger partial charge in [-0.05, 0) is 56.3 Å². The molecule has 29 heavy (non-hydrogen) atoms. The molecular weight excluding hydrogens is 362 g/mol. The van der Waals surface area contributed by atoms with E-state index in [4.69, 9.17) is 0 Å². The number of hydrogen-bond acceptors (Lipinski definition) is 3. The van der Waals surface area contributed by atoms with Gasteiger partial charge in [-0.2, -0.15) is 0 Å². The number of amides is 1. The number of carbonyl (C=O) groups is 2. The molecule has 2 aromatic carbocycles. The van der Waals surface area contributed by atoms with E-state index in [2.05, 4.69) is 15.2 Å². The van der Waals surface area contributed by atoms with Gasteiger partial charge in [-0.1, -0.05) is 24.6 Å². The zero-order chi connectivity index (χ0) is 19.8. The van der Waals surface area contributed by atoms with Crippen molar-refractivity contribution < 1.29 is 9.59 Å². The molecule has 2 aliphatic rings. The number of para-hydroxylation sites is 1. The maximum atomic E-state index is 12.8. The summed E-state index contributed by atoms with van der Waals surface area (Å²) in [6.45, 7) is 2.42. The van der Waals surface area contributed by atoms with Crippen LogP contribution in [0.3, 0.4) is 0 Å². The van der Waals surface area contributed by atoms with Gasteiger partial charge >= 0.3 is 0 Å². The van der Waals surface area contributed by atoms with E-state index in [9.17, 15) is 9.59 Å². The molecule has 1 amide bonds. The molecule has 3 aromatic rings. The number of Topliss-reactive ketones (excluding diaryl/α,β-unsaturated/α-hetero) is 1. The number of anilines is 1. The molecule has 0 saturated carbocycles. The highest BCUT2D eigenvalue weighted by atomic mass is 16.2. The molecule has 1 fully saturated rings. The molecule has 0 unspecified atom stereocenters. The molecule has 5 nitrogen and oxygen atoms in total. The first-order valence-corrected chi connectivity index (χ1v) is 10.2. The van der Waals surface area contributed by atoms with Crippen LogP contribution in [0.1, 0.15) is 40.7 Å². The van der Waals surface area contributed by atoms with Gasteiger partial charge in [0.25, 0.3) is 5.91 Å². The van der Waals surface area contributed by atoms with E-state index in [1.807, 2.05) is 54.7 Å². The van der Waals surface area contributed by atoms with E-state index < -0.39 is 0 Å². The van der Waals surface area contributed by atoms with E-state index in [1.165, 1.54) is 6.42 Å². The van der Waals surface area contributed by atoms with Crippen LogP contribution in [0.4, 0.5) is 5.69 Å². The van der Waals surface area contributed by atoms with Crippen molar-refractivity contribution in [2.24, 2.45) is 0 Å². The predicted molar refractivity (Wildman–Crippen MR) is 116 cm³/mol. The summed E-state index contributed by atoms with van der Waals surface area (Å²) < 4.78 is 0. The molecule has 5 heteroatoms. The molecule has 5 rings (SSSR count). The summed E-state index contributed by atoms with van der Waals surface area (Å²) in [4.78, 5) is 30.9. The Morgan fingerprint density at radius 1 is 1.07 bits per heavy atom. The van der Waals surface area contributed by atoms with Crippen LogP contribution in [-0.4, -0.2) is 41.2 Å². The number of piperidine rings is 1. The third-order valence-electron chi connectivity index (χ3n) is 5.86. The second kappa shape index (κ2) is 7.33. The molecule has 1 aromatic heterocycles. The SMILES string of the molecule is O=C1Nc2ccc(C(=O)CN3CCCCC3)cc2/C1=C\c1c[nH]c2ccccc12. The monoisotopic (exact) mass is 385 g/mol. The normalized spacial score (nSPS) is 18.2. The average molecular weight is 385 g/mol. The van der Waals surface area contributed by atoms with Crippen molar-refractivity contribution >= 4 is 39.9 Å². The maximum Gasteiger partial charge on any atom is 0.256 e. The fourth-order valence-corrected chi connectivity index (χ4v) is 4.29. The quantitative estimate of drug-likeness (QED) is 0.519. The number of aromatic amines is 1. The summed E-state index contributed by atoms with van der Waals surface area (Å²) in [6, 6.07) is 13.5. The summed E-state index contributed by atoms with van der Waals surface area (Å²) >= 11 is 0. The number of benzene rings is 2. The summed E-state index contributed by atoms with van der Waals surface area (Å²) in [5, 5.41) is 3.98. The molecular formula is C24H23N3O2. The standard InChI is InChI=1S/C24H23N3O2/c28-23(15-27-10-4-1-5-11-27)16-8-9-22-19(12-16)20(24(29)26-22)13-17-14-25-21-7-3-2-6-18(17)21/h2-3,6-9,12-14,25H,1,4-5,10-11,15H2,(H,26,29)/b20-13+. The number of H-pyrrole nitrogens is 1. The molecule has 0 bridgehead atoms. The second-order valence-electron chi connectivity index (χ2n) is 7.82. The van der Waals surface area contributed by atoms with E-state index in [0.29, 0.717) is 17.7 Å². The minimum absolute atomic E-state index is 0.112. The molecule has 2 aliphatic heterocycles. The molecule has 1 saturated heterocycles. The van der Waals surface area contributed by atoms with E-state index >= 15 is 0 Å². The van der Waals surface area contributed by atoms with Crippen molar-refractivity contribution in [1.29, 1.82) is 0 Å². The van der Waals surface area contributed by atoms with Crippen molar-refractivity contribution in [3.05, 3.63) is 65.4 Å². The Bertz CT molecular complexity index is 1140. The Morgan fingerprint density at radius 3 is 2.76 bits per heavy atom. The number of nitrogens with one attached hydrogen (secondary N) is 2. The van der Waals surface area contributed by atoms with E-state index in [1.54, 1.807) is 0 Å². The van der Waals surface area contributed by atoms with Crippen LogP contribution in [0, 0.1) is 0 Å². The number of rotatable bonds is 4. The topological polar surface area (TPSA) is 65.2 Å². The van der Waals surface area contributed by atoms with Crippen molar-refractivity contribution in [3.8, 4) is 0 Å². The first kappa shape index (κ1) is 17.9. The fourth-order valence-electron chi connectivity index (χ4n) is 4.29. The smallest absolute Gasteiger partial charge is 0.256 e.